The number of hydrogen-bond donors (Lipinski definition) is 2. The van der Waals surface area contributed by atoms with Crippen molar-refractivity contribution < 1.29 is 14.6 Å². The van der Waals surface area contributed by atoms with E-state index in [2.05, 4.69) is 0 Å². The molecule has 1 aliphatic rings. The van der Waals surface area contributed by atoms with Gasteiger partial charge >= 0.3 is 0 Å². The zero-order valence-electron chi connectivity index (χ0n) is 9.35. The number of ether oxygens (including phenoxy) is 1. The van der Waals surface area contributed by atoms with Crippen LogP contribution in [0.1, 0.15) is 13.8 Å². The Balaban J connectivity index is 2.63. The first-order valence-electron chi connectivity index (χ1n) is 5.32. The van der Waals surface area contributed by atoms with Crippen LogP contribution >= 0.6 is 0 Å². The summed E-state index contributed by atoms with van der Waals surface area (Å²) in [6, 6.07) is -0.729. The first-order valence-corrected chi connectivity index (χ1v) is 5.32. The fourth-order valence-corrected chi connectivity index (χ4v) is 1.57. The molecule has 2 atom stereocenters. The quantitative estimate of drug-likeness (QED) is 0.647. The summed E-state index contributed by atoms with van der Waals surface area (Å²) in [5, 5.41) is 9.12. The predicted molar refractivity (Wildman–Crippen MR) is 56.2 cm³/mol. The molecule has 1 aliphatic heterocycles. The van der Waals surface area contributed by atoms with Gasteiger partial charge in [0.15, 0.2) is 0 Å². The van der Waals surface area contributed by atoms with E-state index in [4.69, 9.17) is 15.6 Å². The number of aliphatic hydroxyl groups excluding tert-OH is 1. The SMILES string of the molecule is CC(C)[C@@H](N)C(=O)N1CCOCC1CO. The number of carbonyl (C=O) groups is 1. The van der Waals surface area contributed by atoms with Gasteiger partial charge in [0.2, 0.25) is 5.91 Å². The van der Waals surface area contributed by atoms with E-state index in [1.807, 2.05) is 13.8 Å². The minimum atomic E-state index is -0.489. The Kier molecular flexibility index (Phi) is 4.50. The molecule has 0 aromatic rings. The van der Waals surface area contributed by atoms with E-state index in [1.165, 1.54) is 0 Å². The first-order chi connectivity index (χ1) is 7.07. The molecular formula is C10H20N2O3. The summed E-state index contributed by atoms with van der Waals surface area (Å²) in [6.07, 6.45) is 0. The molecule has 1 rings (SSSR count). The average molecular weight is 216 g/mol. The highest BCUT2D eigenvalue weighted by atomic mass is 16.5. The molecule has 3 N–H and O–H groups in total. The molecule has 0 radical (unpaired) electrons. The first kappa shape index (κ1) is 12.4. The van der Waals surface area contributed by atoms with Crippen molar-refractivity contribution in [1.29, 1.82) is 0 Å². The fraction of sp³-hybridized carbons (Fsp3) is 0.900. The summed E-state index contributed by atoms with van der Waals surface area (Å²) >= 11 is 0. The van der Waals surface area contributed by atoms with Gasteiger partial charge in [-0.15, -0.1) is 0 Å². The van der Waals surface area contributed by atoms with Crippen molar-refractivity contribution in [3.63, 3.8) is 0 Å². The highest BCUT2D eigenvalue weighted by Gasteiger charge is 2.30. The van der Waals surface area contributed by atoms with Crippen molar-refractivity contribution in [2.75, 3.05) is 26.4 Å². The van der Waals surface area contributed by atoms with Crippen molar-refractivity contribution in [2.45, 2.75) is 25.9 Å². The maximum absolute atomic E-state index is 11.9. The number of morpholine rings is 1. The number of nitrogens with zero attached hydrogens (tertiary/aromatic N) is 1. The van der Waals surface area contributed by atoms with Crippen LogP contribution in [0.25, 0.3) is 0 Å². The van der Waals surface area contributed by atoms with E-state index in [1.54, 1.807) is 4.90 Å². The van der Waals surface area contributed by atoms with E-state index >= 15 is 0 Å². The number of nitrogens with two attached hydrogens (primary N) is 1. The Bertz CT molecular complexity index is 221. The maximum atomic E-state index is 11.9. The van der Waals surface area contributed by atoms with Crippen molar-refractivity contribution >= 4 is 5.91 Å². The molecule has 88 valence electrons. The van der Waals surface area contributed by atoms with Gasteiger partial charge in [0, 0.05) is 6.54 Å². The Morgan fingerprint density at radius 1 is 1.67 bits per heavy atom. The molecule has 1 amide bonds. The number of amides is 1. The topological polar surface area (TPSA) is 75.8 Å². The zero-order valence-corrected chi connectivity index (χ0v) is 9.35. The summed E-state index contributed by atoms with van der Waals surface area (Å²) in [5.74, 6) is 0.0204. The van der Waals surface area contributed by atoms with Crippen LogP contribution in [0.4, 0.5) is 0 Å². The number of rotatable bonds is 3. The van der Waals surface area contributed by atoms with E-state index in [0.29, 0.717) is 19.8 Å². The van der Waals surface area contributed by atoms with Gasteiger partial charge in [-0.3, -0.25) is 4.79 Å². The molecule has 0 spiro atoms. The third-order valence-electron chi connectivity index (χ3n) is 2.72. The molecular weight excluding hydrogens is 196 g/mol. The average Bonchev–Trinajstić information content (AvgIpc) is 2.26. The number of carbonyl (C=O) groups excluding carboxylic acids is 1. The minimum absolute atomic E-state index is 0.0729. The number of aliphatic hydroxyl groups is 1. The maximum Gasteiger partial charge on any atom is 0.240 e. The third-order valence-corrected chi connectivity index (χ3v) is 2.72. The van der Waals surface area contributed by atoms with Crippen LogP contribution in [0.15, 0.2) is 0 Å². The summed E-state index contributed by atoms with van der Waals surface area (Å²) in [7, 11) is 0. The second kappa shape index (κ2) is 5.44. The van der Waals surface area contributed by atoms with Crippen molar-refractivity contribution in [2.24, 2.45) is 11.7 Å². The molecule has 0 bridgehead atoms. The summed E-state index contributed by atoms with van der Waals surface area (Å²) in [6.45, 7) is 5.19. The molecule has 1 heterocycles. The molecule has 5 nitrogen and oxygen atoms in total. The smallest absolute Gasteiger partial charge is 0.240 e. The van der Waals surface area contributed by atoms with Gasteiger partial charge in [-0.2, -0.15) is 0 Å². The Morgan fingerprint density at radius 3 is 2.87 bits per heavy atom. The second-order valence-electron chi connectivity index (χ2n) is 4.21. The van der Waals surface area contributed by atoms with Crippen LogP contribution in [-0.2, 0) is 9.53 Å². The molecule has 1 saturated heterocycles. The van der Waals surface area contributed by atoms with E-state index in [-0.39, 0.29) is 24.5 Å². The van der Waals surface area contributed by atoms with Crippen LogP contribution in [0.3, 0.4) is 0 Å². The van der Waals surface area contributed by atoms with E-state index < -0.39 is 6.04 Å². The highest BCUT2D eigenvalue weighted by Crippen LogP contribution is 2.11. The lowest BCUT2D eigenvalue weighted by Crippen LogP contribution is -2.56. The summed E-state index contributed by atoms with van der Waals surface area (Å²) in [4.78, 5) is 13.6. The van der Waals surface area contributed by atoms with Crippen LogP contribution in [-0.4, -0.2) is 54.4 Å². The molecule has 0 aromatic carbocycles. The van der Waals surface area contributed by atoms with Crippen LogP contribution < -0.4 is 5.73 Å². The van der Waals surface area contributed by atoms with Crippen molar-refractivity contribution in [3.05, 3.63) is 0 Å². The zero-order chi connectivity index (χ0) is 11.4. The minimum Gasteiger partial charge on any atom is -0.394 e. The van der Waals surface area contributed by atoms with Crippen LogP contribution in [0, 0.1) is 5.92 Å². The predicted octanol–water partition coefficient (Wildman–Crippen LogP) is -0.811. The van der Waals surface area contributed by atoms with Crippen LogP contribution in [0.5, 0.6) is 0 Å². The normalized spacial score (nSPS) is 24.3. The van der Waals surface area contributed by atoms with E-state index in [0.717, 1.165) is 0 Å². The van der Waals surface area contributed by atoms with Crippen molar-refractivity contribution in [3.8, 4) is 0 Å². The number of hydrogen-bond acceptors (Lipinski definition) is 4. The van der Waals surface area contributed by atoms with Crippen LogP contribution in [0.2, 0.25) is 0 Å². The molecule has 0 saturated carbocycles. The van der Waals surface area contributed by atoms with Gasteiger partial charge < -0.3 is 20.5 Å². The molecule has 5 heteroatoms. The monoisotopic (exact) mass is 216 g/mol. The Hall–Kier alpha value is -0.650. The third kappa shape index (κ3) is 2.90. The molecule has 0 aromatic heterocycles. The van der Waals surface area contributed by atoms with Gasteiger partial charge in [0.25, 0.3) is 0 Å². The fourth-order valence-electron chi connectivity index (χ4n) is 1.57. The molecule has 1 fully saturated rings. The van der Waals surface area contributed by atoms with Gasteiger partial charge in [-0.1, -0.05) is 13.8 Å². The van der Waals surface area contributed by atoms with E-state index in [9.17, 15) is 4.79 Å². The lowest BCUT2D eigenvalue weighted by atomic mass is 10.0. The van der Waals surface area contributed by atoms with Gasteiger partial charge in [-0.25, -0.2) is 0 Å². The van der Waals surface area contributed by atoms with Gasteiger partial charge in [0.1, 0.15) is 0 Å². The lowest BCUT2D eigenvalue weighted by molar-refractivity contribution is -0.144. The summed E-state index contributed by atoms with van der Waals surface area (Å²) in [5.41, 5.74) is 5.79. The largest absolute Gasteiger partial charge is 0.394 e. The lowest BCUT2D eigenvalue weighted by Gasteiger charge is -2.36. The summed E-state index contributed by atoms with van der Waals surface area (Å²) < 4.78 is 5.20. The second-order valence-corrected chi connectivity index (χ2v) is 4.21. The van der Waals surface area contributed by atoms with Crippen molar-refractivity contribution in [1.82, 2.24) is 4.90 Å². The molecule has 0 aliphatic carbocycles. The van der Waals surface area contributed by atoms with Gasteiger partial charge in [0.05, 0.1) is 31.9 Å². The Morgan fingerprint density at radius 2 is 2.33 bits per heavy atom. The molecule has 15 heavy (non-hydrogen) atoms. The molecule has 1 unspecified atom stereocenters. The highest BCUT2D eigenvalue weighted by molar-refractivity contribution is 5.82. The van der Waals surface area contributed by atoms with Gasteiger partial charge in [-0.05, 0) is 5.92 Å². The standard InChI is InChI=1S/C10H20N2O3/c1-7(2)9(11)10(14)12-3-4-15-6-8(12)5-13/h7-9,13H,3-6,11H2,1-2H3/t8?,9-/m1/s1. The Labute approximate surface area is 90.2 Å².